The fourth-order valence-corrected chi connectivity index (χ4v) is 5.50. The summed E-state index contributed by atoms with van der Waals surface area (Å²) >= 11 is 0. The van der Waals surface area contributed by atoms with Crippen LogP contribution in [0.1, 0.15) is 26.5 Å². The van der Waals surface area contributed by atoms with E-state index in [4.69, 9.17) is 23.2 Å². The molecule has 0 bridgehead atoms. The molecule has 1 atom stereocenters. The van der Waals surface area contributed by atoms with Gasteiger partial charge in [-0.25, -0.2) is 4.74 Å². The van der Waals surface area contributed by atoms with Gasteiger partial charge < -0.3 is 18.4 Å². The van der Waals surface area contributed by atoms with E-state index in [-0.39, 0.29) is 5.16 Å². The van der Waals surface area contributed by atoms with Crippen molar-refractivity contribution < 1.29 is 18.4 Å². The van der Waals surface area contributed by atoms with Gasteiger partial charge in [-0.15, -0.1) is 0 Å². The highest BCUT2D eigenvalue weighted by Crippen LogP contribution is 2.63. The quantitative estimate of drug-likeness (QED) is 0.504. The van der Waals surface area contributed by atoms with Crippen molar-refractivity contribution in [3.63, 3.8) is 0 Å². The molecule has 0 aliphatic carbocycles. The first-order chi connectivity index (χ1) is 11.8. The molecule has 0 spiro atoms. The zero-order chi connectivity index (χ0) is 18.5. The molecule has 6 heteroatoms. The lowest BCUT2D eigenvalue weighted by Gasteiger charge is -2.35. The highest BCUT2D eigenvalue weighted by Gasteiger charge is 2.40. The van der Waals surface area contributed by atoms with Gasteiger partial charge in [0.1, 0.15) is 17.2 Å². The van der Waals surface area contributed by atoms with Gasteiger partial charge in [0.05, 0.1) is 20.3 Å². The van der Waals surface area contributed by atoms with E-state index in [0.717, 1.165) is 22.7 Å². The number of benzene rings is 1. The Labute approximate surface area is 150 Å². The van der Waals surface area contributed by atoms with Crippen LogP contribution >= 0.6 is 7.28 Å². The van der Waals surface area contributed by atoms with Crippen LogP contribution in [0.15, 0.2) is 45.6 Å². The molecule has 5 nitrogen and oxygen atoms in total. The van der Waals surface area contributed by atoms with Crippen LogP contribution in [-0.4, -0.2) is 32.6 Å². The molecule has 0 unspecified atom stereocenters. The Hall–Kier alpha value is -1.55. The van der Waals surface area contributed by atoms with Gasteiger partial charge >= 0.3 is 0 Å². The number of hydrogen-bond acceptors (Lipinski definition) is 5. The summed E-state index contributed by atoms with van der Waals surface area (Å²) < 4.78 is 28.2. The Morgan fingerprint density at radius 2 is 1.76 bits per heavy atom. The van der Waals surface area contributed by atoms with Gasteiger partial charge in [-0.1, -0.05) is 32.9 Å². The predicted molar refractivity (Wildman–Crippen MR) is 103 cm³/mol. The third-order valence-electron chi connectivity index (χ3n) is 3.83. The molecule has 0 aliphatic rings. The van der Waals surface area contributed by atoms with Crippen molar-refractivity contribution in [2.45, 2.75) is 32.9 Å². The third kappa shape index (κ3) is 4.35. The van der Waals surface area contributed by atoms with Crippen molar-refractivity contribution in [2.24, 2.45) is 4.74 Å². The average molecular weight is 365 g/mol. The molecule has 2 rings (SSSR count). The summed E-state index contributed by atoms with van der Waals surface area (Å²) in [5.41, 5.74) is 1.54. The molecule has 1 aromatic heterocycles. The van der Waals surface area contributed by atoms with E-state index >= 15 is 0 Å². The third-order valence-corrected chi connectivity index (χ3v) is 7.54. The predicted octanol–water partition coefficient (Wildman–Crippen LogP) is 5.13. The van der Waals surface area contributed by atoms with E-state index in [9.17, 15) is 0 Å². The average Bonchev–Trinajstić information content (AvgIpc) is 3.00. The molecule has 0 saturated carbocycles. The molecule has 138 valence electrons. The summed E-state index contributed by atoms with van der Waals surface area (Å²) in [7, 11) is 0.804. The lowest BCUT2D eigenvalue weighted by molar-refractivity contribution is 0.150. The molecular weight excluding hydrogens is 337 g/mol. The number of ether oxygens (including phenoxy) is 2. The summed E-state index contributed by atoms with van der Waals surface area (Å²) in [4.78, 5) is 0. The standard InChI is InChI=1S/C19H28NO4P/c1-15-11-12-18(24-15)25(19(2,3)4,23-14-13-21-5)20-16-9-7-8-10-17(16)22-6/h7-12H,13-14H2,1-6H3/t25-/m0/s1. The Kier molecular flexibility index (Phi) is 6.50. The van der Waals surface area contributed by atoms with Crippen molar-refractivity contribution >= 4 is 18.5 Å². The maximum absolute atomic E-state index is 6.41. The van der Waals surface area contributed by atoms with E-state index in [1.807, 2.05) is 43.3 Å². The van der Waals surface area contributed by atoms with Gasteiger partial charge in [-0.2, -0.15) is 0 Å². The SMILES string of the molecule is COCCO[P@@](=Nc1ccccc1OC)(c1ccc(C)o1)C(C)(C)C. The number of rotatable bonds is 7. The van der Waals surface area contributed by atoms with Gasteiger partial charge in [0.25, 0.3) is 0 Å². The summed E-state index contributed by atoms with van der Waals surface area (Å²) in [5, 5.41) is -0.258. The van der Waals surface area contributed by atoms with Crippen LogP contribution in [0.25, 0.3) is 0 Å². The van der Waals surface area contributed by atoms with Gasteiger partial charge in [0, 0.05) is 12.3 Å². The molecule has 0 fully saturated rings. The minimum atomic E-state index is -2.50. The van der Waals surface area contributed by atoms with Crippen LogP contribution in [0, 0.1) is 6.92 Å². The van der Waals surface area contributed by atoms with E-state index in [1.165, 1.54) is 0 Å². The number of aryl methyl sites for hydroxylation is 1. The fourth-order valence-electron chi connectivity index (χ4n) is 2.52. The molecule has 1 aromatic carbocycles. The molecule has 1 heterocycles. The minimum Gasteiger partial charge on any atom is -0.494 e. The van der Waals surface area contributed by atoms with Crippen molar-refractivity contribution in [3.05, 3.63) is 42.2 Å². The minimum absolute atomic E-state index is 0.258. The first-order valence-corrected chi connectivity index (χ1v) is 9.96. The van der Waals surface area contributed by atoms with E-state index in [1.54, 1.807) is 14.2 Å². The maximum Gasteiger partial charge on any atom is 0.169 e. The van der Waals surface area contributed by atoms with Crippen LogP contribution in [0.3, 0.4) is 0 Å². The molecule has 0 saturated heterocycles. The van der Waals surface area contributed by atoms with Crippen LogP contribution in [0.4, 0.5) is 5.69 Å². The summed E-state index contributed by atoms with van der Waals surface area (Å²) in [6, 6.07) is 11.6. The second-order valence-electron chi connectivity index (χ2n) is 6.73. The van der Waals surface area contributed by atoms with E-state index < -0.39 is 7.28 Å². The Morgan fingerprint density at radius 3 is 2.32 bits per heavy atom. The maximum atomic E-state index is 6.41. The molecule has 0 aliphatic heterocycles. The first kappa shape index (κ1) is 19.8. The highest BCUT2D eigenvalue weighted by atomic mass is 31.2. The van der Waals surface area contributed by atoms with Gasteiger partial charge in [-0.3, -0.25) is 0 Å². The Balaban J connectivity index is 2.70. The number of furan rings is 1. The van der Waals surface area contributed by atoms with Crippen molar-refractivity contribution in [1.29, 1.82) is 0 Å². The number of hydrogen-bond donors (Lipinski definition) is 0. The molecule has 2 aromatic rings. The lowest BCUT2D eigenvalue weighted by Crippen LogP contribution is -2.25. The zero-order valence-corrected chi connectivity index (χ0v) is 16.8. The molecule has 0 N–H and O–H groups in total. The van der Waals surface area contributed by atoms with Crippen LogP contribution < -0.4 is 10.2 Å². The second kappa shape index (κ2) is 8.22. The smallest absolute Gasteiger partial charge is 0.169 e. The normalized spacial score (nSPS) is 14.2. The molecular formula is C19H28NO4P. The number of nitrogens with zero attached hydrogens (tertiary/aromatic N) is 1. The Morgan fingerprint density at radius 1 is 1.04 bits per heavy atom. The van der Waals surface area contributed by atoms with Gasteiger partial charge in [0.15, 0.2) is 12.8 Å². The number of methoxy groups -OCH3 is 2. The summed E-state index contributed by atoms with van der Waals surface area (Å²) in [6.45, 7) is 9.26. The van der Waals surface area contributed by atoms with Crippen molar-refractivity contribution in [2.75, 3.05) is 27.4 Å². The van der Waals surface area contributed by atoms with Gasteiger partial charge in [0.2, 0.25) is 0 Å². The molecule has 0 amide bonds. The molecule has 25 heavy (non-hydrogen) atoms. The fraction of sp³-hybridized carbons (Fsp3) is 0.474. The van der Waals surface area contributed by atoms with Crippen molar-refractivity contribution in [3.8, 4) is 5.75 Å². The Bertz CT molecular complexity index is 746. The highest BCUT2D eigenvalue weighted by molar-refractivity contribution is 7.70. The largest absolute Gasteiger partial charge is 0.494 e. The monoisotopic (exact) mass is 365 g/mol. The summed E-state index contributed by atoms with van der Waals surface area (Å²) in [6.07, 6.45) is 0. The topological polar surface area (TPSA) is 53.2 Å². The van der Waals surface area contributed by atoms with Crippen LogP contribution in [-0.2, 0) is 9.26 Å². The van der Waals surface area contributed by atoms with Crippen LogP contribution in [0.2, 0.25) is 0 Å². The first-order valence-electron chi connectivity index (χ1n) is 8.30. The molecule has 0 radical (unpaired) electrons. The second-order valence-corrected chi connectivity index (χ2v) is 10.1. The van der Waals surface area contributed by atoms with E-state index in [0.29, 0.717) is 13.2 Å². The lowest BCUT2D eigenvalue weighted by atomic mass is 10.3. The number of para-hydroxylation sites is 1. The van der Waals surface area contributed by atoms with Crippen LogP contribution in [0.5, 0.6) is 5.75 Å². The zero-order valence-electron chi connectivity index (χ0n) is 15.9. The summed E-state index contributed by atoms with van der Waals surface area (Å²) in [5.74, 6) is 1.56. The van der Waals surface area contributed by atoms with E-state index in [2.05, 4.69) is 20.8 Å². The van der Waals surface area contributed by atoms with Gasteiger partial charge in [-0.05, 0) is 31.2 Å². The van der Waals surface area contributed by atoms with Crippen molar-refractivity contribution in [1.82, 2.24) is 0 Å².